The molecular weight excluding hydrogens is 327 g/mol. The molecule has 0 amide bonds. The zero-order valence-electron chi connectivity index (χ0n) is 8.43. The highest BCUT2D eigenvalue weighted by atomic mass is 79.9. The second-order valence-corrected chi connectivity index (χ2v) is 3.85. The van der Waals surface area contributed by atoms with Crippen molar-refractivity contribution < 1.29 is 26.7 Å². The quantitative estimate of drug-likeness (QED) is 0.793. The lowest BCUT2D eigenvalue weighted by Gasteiger charge is -2.14. The molecular formula is C9H4BrF5N2O. The van der Waals surface area contributed by atoms with Crippen molar-refractivity contribution in [3.05, 3.63) is 21.9 Å². The van der Waals surface area contributed by atoms with Crippen molar-refractivity contribution in [2.24, 2.45) is 0 Å². The second-order valence-electron chi connectivity index (χ2n) is 2.99. The van der Waals surface area contributed by atoms with Crippen LogP contribution in [0, 0.1) is 11.3 Å². The molecule has 0 radical (unpaired) electrons. The van der Waals surface area contributed by atoms with Gasteiger partial charge in [0.2, 0.25) is 0 Å². The Hall–Kier alpha value is -1.43. The van der Waals surface area contributed by atoms with Crippen LogP contribution < -0.4 is 4.74 Å². The summed E-state index contributed by atoms with van der Waals surface area (Å²) in [6, 6.07) is 2.68. The Bertz CT molecular complexity index is 483. The molecule has 0 spiro atoms. The van der Waals surface area contributed by atoms with Gasteiger partial charge in [-0.05, 0) is 22.0 Å². The highest BCUT2D eigenvalue weighted by Crippen LogP contribution is 2.37. The van der Waals surface area contributed by atoms with Gasteiger partial charge >= 0.3 is 6.36 Å². The molecule has 0 aliphatic carbocycles. The Kier molecular flexibility index (Phi) is 4.45. The summed E-state index contributed by atoms with van der Waals surface area (Å²) in [6.45, 7) is 0. The third kappa shape index (κ3) is 3.80. The zero-order chi connectivity index (χ0) is 13.9. The number of nitriles is 1. The highest BCUT2D eigenvalue weighted by molar-refractivity contribution is 9.10. The van der Waals surface area contributed by atoms with E-state index in [0.29, 0.717) is 0 Å². The molecule has 0 saturated carbocycles. The van der Waals surface area contributed by atoms with Gasteiger partial charge in [-0.2, -0.15) is 5.26 Å². The summed E-state index contributed by atoms with van der Waals surface area (Å²) < 4.78 is 64.5. The molecule has 9 heteroatoms. The van der Waals surface area contributed by atoms with Gasteiger partial charge in [0.1, 0.15) is 5.69 Å². The van der Waals surface area contributed by atoms with E-state index in [1.54, 1.807) is 6.07 Å². The van der Waals surface area contributed by atoms with Gasteiger partial charge in [-0.25, -0.2) is 13.8 Å². The van der Waals surface area contributed by atoms with Crippen molar-refractivity contribution in [1.82, 2.24) is 4.98 Å². The molecule has 0 bridgehead atoms. The number of ether oxygens (including phenoxy) is 1. The maximum absolute atomic E-state index is 12.6. The zero-order valence-corrected chi connectivity index (χ0v) is 10.0. The summed E-state index contributed by atoms with van der Waals surface area (Å²) in [4.78, 5) is 3.28. The first-order valence-electron chi connectivity index (χ1n) is 4.34. The van der Waals surface area contributed by atoms with Crippen LogP contribution >= 0.6 is 15.9 Å². The van der Waals surface area contributed by atoms with Gasteiger partial charge in [-0.1, -0.05) is 0 Å². The molecule has 1 heterocycles. The van der Waals surface area contributed by atoms with E-state index in [1.165, 1.54) is 0 Å². The van der Waals surface area contributed by atoms with Crippen molar-refractivity contribution >= 4 is 15.9 Å². The summed E-state index contributed by atoms with van der Waals surface area (Å²) in [7, 11) is 0. The van der Waals surface area contributed by atoms with Crippen LogP contribution in [0.15, 0.2) is 10.5 Å². The van der Waals surface area contributed by atoms with E-state index in [-0.39, 0.29) is 16.6 Å². The Labute approximate surface area is 106 Å². The van der Waals surface area contributed by atoms with Crippen LogP contribution in [0.2, 0.25) is 0 Å². The lowest BCUT2D eigenvalue weighted by molar-refractivity contribution is -0.275. The number of hydrogen-bond acceptors (Lipinski definition) is 3. The average Bonchev–Trinajstić information content (AvgIpc) is 2.20. The van der Waals surface area contributed by atoms with Crippen molar-refractivity contribution in [3.8, 4) is 11.8 Å². The second kappa shape index (κ2) is 5.48. The van der Waals surface area contributed by atoms with Gasteiger partial charge in [0, 0.05) is 0 Å². The van der Waals surface area contributed by atoms with Crippen molar-refractivity contribution in [2.45, 2.75) is 19.2 Å². The van der Waals surface area contributed by atoms with Crippen molar-refractivity contribution in [3.63, 3.8) is 0 Å². The maximum Gasteiger partial charge on any atom is 0.573 e. The molecule has 98 valence electrons. The Morgan fingerprint density at radius 2 is 2.06 bits per heavy atom. The molecule has 3 nitrogen and oxygen atoms in total. The number of hydrogen-bond donors (Lipinski definition) is 0. The number of rotatable bonds is 3. The highest BCUT2D eigenvalue weighted by Gasteiger charge is 2.35. The van der Waals surface area contributed by atoms with E-state index < -0.39 is 24.2 Å². The largest absolute Gasteiger partial charge is 0.573 e. The third-order valence-corrected chi connectivity index (χ3v) is 2.28. The monoisotopic (exact) mass is 330 g/mol. The van der Waals surface area contributed by atoms with Crippen LogP contribution in [0.25, 0.3) is 0 Å². The topological polar surface area (TPSA) is 45.9 Å². The number of aromatic nitrogens is 1. The number of pyridine rings is 1. The first-order valence-corrected chi connectivity index (χ1v) is 5.14. The van der Waals surface area contributed by atoms with Crippen molar-refractivity contribution in [1.29, 1.82) is 5.26 Å². The van der Waals surface area contributed by atoms with E-state index in [0.717, 1.165) is 6.07 Å². The number of halogens is 6. The van der Waals surface area contributed by atoms with Gasteiger partial charge in [0.05, 0.1) is 22.7 Å². The van der Waals surface area contributed by atoms with Gasteiger partial charge in [0.15, 0.2) is 5.75 Å². The average molecular weight is 331 g/mol. The smallest absolute Gasteiger partial charge is 0.402 e. The normalized spacial score (nSPS) is 11.4. The molecule has 0 aromatic carbocycles. The third-order valence-electron chi connectivity index (χ3n) is 1.69. The maximum atomic E-state index is 12.6. The lowest BCUT2D eigenvalue weighted by Crippen LogP contribution is -2.19. The van der Waals surface area contributed by atoms with E-state index in [1.807, 2.05) is 0 Å². The molecule has 0 unspecified atom stereocenters. The summed E-state index contributed by atoms with van der Waals surface area (Å²) >= 11 is 2.68. The molecule has 18 heavy (non-hydrogen) atoms. The van der Waals surface area contributed by atoms with Gasteiger partial charge in [-0.3, -0.25) is 0 Å². The van der Waals surface area contributed by atoms with Crippen molar-refractivity contribution in [2.75, 3.05) is 0 Å². The number of alkyl halides is 5. The molecule has 0 N–H and O–H groups in total. The van der Waals surface area contributed by atoms with Gasteiger partial charge in [0.25, 0.3) is 6.43 Å². The summed E-state index contributed by atoms with van der Waals surface area (Å²) in [6.07, 6.45) is -8.66. The Balaban J connectivity index is 3.28. The molecule has 1 rings (SSSR count). The minimum atomic E-state index is -5.11. The predicted octanol–water partition coefficient (Wildman–Crippen LogP) is 3.75. The molecule has 1 aromatic rings. The molecule has 0 fully saturated rings. The van der Waals surface area contributed by atoms with Crippen LogP contribution in [0.1, 0.15) is 17.8 Å². The van der Waals surface area contributed by atoms with E-state index in [4.69, 9.17) is 5.26 Å². The van der Waals surface area contributed by atoms with E-state index in [9.17, 15) is 22.0 Å². The SMILES string of the molecule is N#CCc1cc(Br)c(OC(F)(F)F)c(C(F)F)n1. The van der Waals surface area contributed by atoms with E-state index in [2.05, 4.69) is 25.7 Å². The van der Waals surface area contributed by atoms with Gasteiger partial charge < -0.3 is 4.74 Å². The van der Waals surface area contributed by atoms with Crippen LogP contribution in [0.3, 0.4) is 0 Å². The predicted molar refractivity (Wildman–Crippen MR) is 52.9 cm³/mol. The first kappa shape index (κ1) is 14.6. The fourth-order valence-corrected chi connectivity index (χ4v) is 1.66. The Morgan fingerprint density at radius 3 is 2.50 bits per heavy atom. The van der Waals surface area contributed by atoms with Crippen LogP contribution in [0.4, 0.5) is 22.0 Å². The molecule has 0 saturated heterocycles. The van der Waals surface area contributed by atoms with Crippen LogP contribution in [-0.4, -0.2) is 11.3 Å². The first-order chi connectivity index (χ1) is 8.24. The van der Waals surface area contributed by atoms with Crippen LogP contribution in [0.5, 0.6) is 5.75 Å². The van der Waals surface area contributed by atoms with E-state index >= 15 is 0 Å². The van der Waals surface area contributed by atoms with Crippen LogP contribution in [-0.2, 0) is 6.42 Å². The lowest BCUT2D eigenvalue weighted by atomic mass is 10.2. The molecule has 1 aromatic heterocycles. The fourth-order valence-electron chi connectivity index (χ4n) is 1.11. The minimum absolute atomic E-state index is 0.0748. The summed E-state index contributed by atoms with van der Waals surface area (Å²) in [5.41, 5.74) is -1.24. The summed E-state index contributed by atoms with van der Waals surface area (Å²) in [5.74, 6) is -1.10. The summed E-state index contributed by atoms with van der Waals surface area (Å²) in [5, 5.41) is 8.39. The molecule has 0 aliphatic rings. The number of nitrogens with zero attached hydrogens (tertiary/aromatic N) is 2. The molecule has 0 atom stereocenters. The van der Waals surface area contributed by atoms with Gasteiger partial charge in [-0.15, -0.1) is 13.2 Å². The standard InChI is InChI=1S/C9H4BrF5N2O/c10-5-3-4(1-2-16)17-6(8(11)12)7(5)18-9(13,14)15/h3,8H,1H2. The minimum Gasteiger partial charge on any atom is -0.402 e. The Morgan fingerprint density at radius 1 is 1.44 bits per heavy atom. The molecule has 0 aliphatic heterocycles. The fraction of sp³-hybridized carbons (Fsp3) is 0.333.